The third-order valence-corrected chi connectivity index (χ3v) is 5.85. The van der Waals surface area contributed by atoms with E-state index in [0.29, 0.717) is 11.9 Å². The van der Waals surface area contributed by atoms with Crippen LogP contribution in [0.4, 0.5) is 17.2 Å². The number of H-pyrrole nitrogens is 1. The molecule has 0 spiro atoms. The molecule has 1 fully saturated rings. The van der Waals surface area contributed by atoms with Crippen LogP contribution in [-0.2, 0) is 0 Å². The molecular weight excluding hydrogens is 412 g/mol. The van der Waals surface area contributed by atoms with Gasteiger partial charge >= 0.3 is 0 Å². The van der Waals surface area contributed by atoms with Crippen LogP contribution in [-0.4, -0.2) is 34.0 Å². The normalized spacial score (nSPS) is 16.4. The number of aliphatic imine (C=N–C) groups is 1. The fraction of sp³-hybridized carbons (Fsp3) is 0.200. The Bertz CT molecular complexity index is 1300. The summed E-state index contributed by atoms with van der Waals surface area (Å²) in [7, 11) is 0. The predicted octanol–water partition coefficient (Wildman–Crippen LogP) is 4.51. The maximum atomic E-state index is 9.15. The molecule has 1 saturated heterocycles. The number of fused-ring (bicyclic) bond motifs is 1. The summed E-state index contributed by atoms with van der Waals surface area (Å²) in [6, 6.07) is 19.9. The Morgan fingerprint density at radius 2 is 2.03 bits per heavy atom. The minimum absolute atomic E-state index is 0.378. The van der Waals surface area contributed by atoms with Gasteiger partial charge in [0, 0.05) is 30.9 Å². The van der Waals surface area contributed by atoms with E-state index >= 15 is 0 Å². The van der Waals surface area contributed by atoms with Crippen molar-refractivity contribution < 1.29 is 0 Å². The Morgan fingerprint density at radius 1 is 1.12 bits per heavy atom. The van der Waals surface area contributed by atoms with Gasteiger partial charge in [0.05, 0.1) is 11.1 Å². The third kappa shape index (κ3) is 4.62. The number of anilines is 2. The number of rotatable bonds is 4. The van der Waals surface area contributed by atoms with E-state index in [1.807, 2.05) is 60.9 Å². The lowest BCUT2D eigenvalue weighted by molar-refractivity contribution is 0.508. The summed E-state index contributed by atoms with van der Waals surface area (Å²) >= 11 is 0. The molecule has 3 heterocycles. The van der Waals surface area contributed by atoms with Gasteiger partial charge in [-0.05, 0) is 48.7 Å². The number of nitriles is 1. The van der Waals surface area contributed by atoms with Gasteiger partial charge in [-0.1, -0.05) is 30.3 Å². The molecule has 2 aromatic heterocycles. The number of nitrogens with one attached hydrogen (secondary N) is 3. The van der Waals surface area contributed by atoms with Gasteiger partial charge in [0.1, 0.15) is 17.8 Å². The number of aromatic amines is 1. The standard InChI is InChI=1S/C25H24N8/c26-16-28-25(31-20-8-2-1-3-9-20)32-21-10-4-6-18(14-21)19-7-5-13-33(15-19)24-22-11-12-27-23(22)29-17-30-24/h1-4,6,8-12,14,17,19H,5,7,13,15H2,(H,27,29,30)(H2,28,31,32). The molecule has 2 aromatic carbocycles. The van der Waals surface area contributed by atoms with E-state index < -0.39 is 0 Å². The molecule has 8 heteroatoms. The zero-order chi connectivity index (χ0) is 22.5. The molecule has 3 N–H and O–H groups in total. The van der Waals surface area contributed by atoms with Crippen molar-refractivity contribution in [1.82, 2.24) is 20.3 Å². The van der Waals surface area contributed by atoms with Crippen molar-refractivity contribution >= 4 is 34.2 Å². The average molecular weight is 437 g/mol. The highest BCUT2D eigenvalue weighted by atomic mass is 15.2. The van der Waals surface area contributed by atoms with Gasteiger partial charge in [-0.3, -0.25) is 5.32 Å². The summed E-state index contributed by atoms with van der Waals surface area (Å²) in [5, 5.41) is 16.1. The molecule has 0 radical (unpaired) electrons. The predicted molar refractivity (Wildman–Crippen MR) is 130 cm³/mol. The second kappa shape index (κ2) is 9.40. The van der Waals surface area contributed by atoms with Crippen LogP contribution < -0.4 is 15.5 Å². The number of piperidine rings is 1. The lowest BCUT2D eigenvalue weighted by atomic mass is 9.90. The van der Waals surface area contributed by atoms with Gasteiger partial charge in [-0.25, -0.2) is 15.0 Å². The van der Waals surface area contributed by atoms with Crippen molar-refractivity contribution in [3.05, 3.63) is 78.8 Å². The SMILES string of the molecule is N#CNC(=Nc1ccccc1)Nc1cccc(C2CCCN(c3ncnc4[nH]ccc34)C2)c1. The number of benzene rings is 2. The summed E-state index contributed by atoms with van der Waals surface area (Å²) in [4.78, 5) is 18.9. The topological polar surface area (TPSA) is 105 Å². The smallest absolute Gasteiger partial charge is 0.214 e. The molecule has 164 valence electrons. The molecule has 0 bridgehead atoms. The maximum Gasteiger partial charge on any atom is 0.214 e. The van der Waals surface area contributed by atoms with Crippen molar-refractivity contribution in [3.63, 3.8) is 0 Å². The Labute approximate surface area is 192 Å². The zero-order valence-corrected chi connectivity index (χ0v) is 18.1. The van der Waals surface area contributed by atoms with Gasteiger partial charge in [0.15, 0.2) is 6.19 Å². The molecule has 1 unspecified atom stereocenters. The summed E-state index contributed by atoms with van der Waals surface area (Å²) in [6.45, 7) is 1.87. The number of para-hydroxylation sites is 1. The van der Waals surface area contributed by atoms with E-state index in [9.17, 15) is 0 Å². The number of guanidine groups is 1. The Hall–Kier alpha value is -4.38. The highest BCUT2D eigenvalue weighted by Crippen LogP contribution is 2.32. The second-order valence-corrected chi connectivity index (χ2v) is 8.01. The zero-order valence-electron chi connectivity index (χ0n) is 18.1. The third-order valence-electron chi connectivity index (χ3n) is 5.85. The molecule has 33 heavy (non-hydrogen) atoms. The van der Waals surface area contributed by atoms with Crippen LogP contribution in [0.1, 0.15) is 24.3 Å². The highest BCUT2D eigenvalue weighted by Gasteiger charge is 2.24. The van der Waals surface area contributed by atoms with E-state index in [1.165, 1.54) is 5.56 Å². The average Bonchev–Trinajstić information content (AvgIpc) is 3.34. The van der Waals surface area contributed by atoms with Crippen molar-refractivity contribution in [3.8, 4) is 6.19 Å². The van der Waals surface area contributed by atoms with E-state index in [-0.39, 0.29) is 0 Å². The molecule has 0 amide bonds. The molecule has 8 nitrogen and oxygen atoms in total. The first-order chi connectivity index (χ1) is 16.3. The minimum Gasteiger partial charge on any atom is -0.355 e. The summed E-state index contributed by atoms with van der Waals surface area (Å²) < 4.78 is 0. The monoisotopic (exact) mass is 436 g/mol. The Morgan fingerprint density at radius 3 is 2.91 bits per heavy atom. The lowest BCUT2D eigenvalue weighted by Crippen LogP contribution is -2.35. The highest BCUT2D eigenvalue weighted by molar-refractivity contribution is 5.96. The van der Waals surface area contributed by atoms with E-state index in [0.717, 1.165) is 54.2 Å². The fourth-order valence-electron chi connectivity index (χ4n) is 4.33. The van der Waals surface area contributed by atoms with Crippen molar-refractivity contribution in [2.24, 2.45) is 4.99 Å². The Kier molecular flexibility index (Phi) is 5.85. The quantitative estimate of drug-likeness (QED) is 0.188. The first-order valence-corrected chi connectivity index (χ1v) is 11.0. The number of hydrogen-bond donors (Lipinski definition) is 3. The van der Waals surface area contributed by atoms with Crippen LogP contribution in [0, 0.1) is 11.5 Å². The van der Waals surface area contributed by atoms with Crippen LogP contribution in [0.5, 0.6) is 0 Å². The largest absolute Gasteiger partial charge is 0.355 e. The van der Waals surface area contributed by atoms with Gasteiger partial charge in [-0.15, -0.1) is 0 Å². The molecule has 0 aliphatic carbocycles. The lowest BCUT2D eigenvalue weighted by Gasteiger charge is -2.34. The molecule has 5 rings (SSSR count). The van der Waals surface area contributed by atoms with Crippen LogP contribution in [0.25, 0.3) is 11.0 Å². The van der Waals surface area contributed by atoms with Gasteiger partial charge in [0.25, 0.3) is 0 Å². The van der Waals surface area contributed by atoms with Crippen LogP contribution in [0.15, 0.2) is 78.2 Å². The van der Waals surface area contributed by atoms with Crippen molar-refractivity contribution in [1.29, 1.82) is 5.26 Å². The van der Waals surface area contributed by atoms with Gasteiger partial charge < -0.3 is 15.2 Å². The molecule has 1 aliphatic heterocycles. The number of hydrogen-bond acceptors (Lipinski definition) is 5. The van der Waals surface area contributed by atoms with E-state index in [1.54, 1.807) is 6.33 Å². The minimum atomic E-state index is 0.378. The Balaban J connectivity index is 1.35. The van der Waals surface area contributed by atoms with Gasteiger partial charge in [-0.2, -0.15) is 5.26 Å². The van der Waals surface area contributed by atoms with Crippen molar-refractivity contribution in [2.45, 2.75) is 18.8 Å². The number of nitrogens with zero attached hydrogens (tertiary/aromatic N) is 5. The summed E-state index contributed by atoms with van der Waals surface area (Å²) in [6.07, 6.45) is 7.69. The van der Waals surface area contributed by atoms with Crippen LogP contribution >= 0.6 is 0 Å². The second-order valence-electron chi connectivity index (χ2n) is 8.01. The first kappa shape index (κ1) is 20.5. The summed E-state index contributed by atoms with van der Waals surface area (Å²) in [5.41, 5.74) is 3.77. The van der Waals surface area contributed by atoms with E-state index in [2.05, 4.69) is 47.6 Å². The summed E-state index contributed by atoms with van der Waals surface area (Å²) in [5.74, 6) is 1.75. The van der Waals surface area contributed by atoms with Crippen LogP contribution in [0.3, 0.4) is 0 Å². The molecular formula is C25H24N8. The van der Waals surface area contributed by atoms with E-state index in [4.69, 9.17) is 5.26 Å². The van der Waals surface area contributed by atoms with Gasteiger partial charge in [0.2, 0.25) is 5.96 Å². The first-order valence-electron chi connectivity index (χ1n) is 11.0. The molecule has 1 aliphatic rings. The number of aromatic nitrogens is 3. The molecule has 0 saturated carbocycles. The maximum absolute atomic E-state index is 9.15. The molecule has 1 atom stereocenters. The van der Waals surface area contributed by atoms with Crippen LogP contribution in [0.2, 0.25) is 0 Å². The van der Waals surface area contributed by atoms with Crippen molar-refractivity contribution in [2.75, 3.05) is 23.3 Å². The fourth-order valence-corrected chi connectivity index (χ4v) is 4.33. The molecule has 4 aromatic rings.